The van der Waals surface area contributed by atoms with E-state index >= 15 is 0 Å². The molecule has 8 aromatic rings. The molecular formula is C50H35NO. The Morgan fingerprint density at radius 3 is 1.62 bits per heavy atom. The molecule has 1 heterocycles. The molecule has 10 rings (SSSR count). The molecule has 0 saturated carbocycles. The molecule has 0 bridgehead atoms. The third-order valence-corrected chi connectivity index (χ3v) is 9.97. The fourth-order valence-corrected chi connectivity index (χ4v) is 7.52. The van der Waals surface area contributed by atoms with E-state index in [-0.39, 0.29) is 58.7 Å². The van der Waals surface area contributed by atoms with E-state index in [0.29, 0.717) is 33.7 Å². The minimum atomic E-state index is -0.403. The fourth-order valence-electron chi connectivity index (χ4n) is 7.52. The van der Waals surface area contributed by atoms with Gasteiger partial charge in [0.05, 0.1) is 16.7 Å². The van der Waals surface area contributed by atoms with Crippen LogP contribution in [-0.4, -0.2) is 6.10 Å². The molecule has 2 atom stereocenters. The van der Waals surface area contributed by atoms with Gasteiger partial charge in [-0.05, 0) is 80.1 Å². The molecule has 0 amide bonds. The molecule has 246 valence electrons. The van der Waals surface area contributed by atoms with Gasteiger partial charge in [-0.2, -0.15) is 0 Å². The molecule has 0 saturated heterocycles. The van der Waals surface area contributed by atoms with Crippen molar-refractivity contribution in [3.05, 3.63) is 206 Å². The second-order valence-corrected chi connectivity index (χ2v) is 13.0. The van der Waals surface area contributed by atoms with Crippen molar-refractivity contribution in [2.24, 2.45) is 0 Å². The van der Waals surface area contributed by atoms with Crippen molar-refractivity contribution >= 4 is 38.6 Å². The molecule has 0 N–H and O–H groups in total. The summed E-state index contributed by atoms with van der Waals surface area (Å²) in [4.78, 5) is 1.39. The predicted molar refractivity (Wildman–Crippen MR) is 218 cm³/mol. The van der Waals surface area contributed by atoms with Crippen molar-refractivity contribution in [3.8, 4) is 39.1 Å². The summed E-state index contributed by atoms with van der Waals surface area (Å²) in [7, 11) is 0. The van der Waals surface area contributed by atoms with Crippen molar-refractivity contribution in [1.82, 2.24) is 0 Å². The first-order valence-corrected chi connectivity index (χ1v) is 17.4. The van der Waals surface area contributed by atoms with Crippen molar-refractivity contribution in [2.45, 2.75) is 12.0 Å². The Morgan fingerprint density at radius 1 is 0.462 bits per heavy atom. The maximum absolute atomic E-state index is 9.69. The van der Waals surface area contributed by atoms with Crippen LogP contribution in [-0.2, 0) is 0 Å². The summed E-state index contributed by atoms with van der Waals surface area (Å²) in [5, 5.41) is 3.29. The quantitative estimate of drug-likeness (QED) is 0.174. The number of hydrogen-bond acceptors (Lipinski definition) is 2. The van der Waals surface area contributed by atoms with Crippen LogP contribution in [0.5, 0.6) is 5.75 Å². The molecule has 0 spiro atoms. The monoisotopic (exact) mass is 673 g/mol. The second kappa shape index (κ2) is 12.6. The number of ether oxygens (including phenoxy) is 1. The van der Waals surface area contributed by atoms with Crippen LogP contribution in [0, 0.1) is 0 Å². The average Bonchev–Trinajstić information content (AvgIpc) is 3.67. The van der Waals surface area contributed by atoms with Gasteiger partial charge in [0, 0.05) is 34.0 Å². The summed E-state index contributed by atoms with van der Waals surface area (Å²) in [5.74, 6) is 0.636. The summed E-state index contributed by atoms with van der Waals surface area (Å²) in [6.45, 7) is 0. The molecule has 1 aliphatic carbocycles. The third-order valence-electron chi connectivity index (χ3n) is 9.97. The van der Waals surface area contributed by atoms with Crippen LogP contribution >= 0.6 is 0 Å². The number of fused-ring (bicyclic) bond motifs is 5. The van der Waals surface area contributed by atoms with Gasteiger partial charge in [0.1, 0.15) is 11.9 Å². The van der Waals surface area contributed by atoms with Gasteiger partial charge in [-0.25, -0.2) is 0 Å². The van der Waals surface area contributed by atoms with E-state index in [1.54, 1.807) is 24.3 Å². The van der Waals surface area contributed by atoms with E-state index in [0.717, 1.165) is 27.1 Å². The third kappa shape index (κ3) is 5.11. The Hall–Kier alpha value is -6.64. The number of nitrogens with zero attached hydrogens (tertiary/aromatic N) is 1. The van der Waals surface area contributed by atoms with E-state index in [9.17, 15) is 11.0 Å². The van der Waals surface area contributed by atoms with Crippen LogP contribution in [0.3, 0.4) is 0 Å². The summed E-state index contributed by atoms with van der Waals surface area (Å²) >= 11 is 0. The second-order valence-electron chi connectivity index (χ2n) is 13.0. The highest BCUT2D eigenvalue weighted by Gasteiger charge is 2.34. The van der Waals surface area contributed by atoms with Gasteiger partial charge in [-0.15, -0.1) is 0 Å². The first kappa shape index (κ1) is 23.0. The molecule has 8 aromatic carbocycles. The predicted octanol–water partition coefficient (Wildman–Crippen LogP) is 13.4. The van der Waals surface area contributed by atoms with Crippen molar-refractivity contribution in [2.75, 3.05) is 4.90 Å². The number of allylic oxidation sites excluding steroid dienone is 2. The number of anilines is 3. The Bertz CT molecular complexity index is 2940. The van der Waals surface area contributed by atoms with Gasteiger partial charge in [0.2, 0.25) is 0 Å². The Labute approximate surface area is 315 Å². The number of rotatable bonds is 6. The van der Waals surface area contributed by atoms with E-state index in [1.807, 2.05) is 121 Å². The molecular weight excluding hydrogens is 631 g/mol. The molecule has 2 nitrogen and oxygen atoms in total. The van der Waals surface area contributed by atoms with Gasteiger partial charge < -0.3 is 9.64 Å². The number of benzene rings is 8. The van der Waals surface area contributed by atoms with Gasteiger partial charge in [0.25, 0.3) is 0 Å². The zero-order chi connectivity index (χ0) is 41.4. The number of hydrogen-bond donors (Lipinski definition) is 0. The van der Waals surface area contributed by atoms with Crippen LogP contribution in [0.1, 0.15) is 22.4 Å². The highest BCUT2D eigenvalue weighted by Crippen LogP contribution is 2.50. The summed E-state index contributed by atoms with van der Waals surface area (Å²) in [6, 6.07) is 36.5. The lowest BCUT2D eigenvalue weighted by Gasteiger charge is -2.28. The standard InChI is InChI=1S/C50H35NO/c1-3-16-40-34(12-1)14-9-20-42(40)36-26-30-38(31-27-36)51(39-32-28-37(29-33-39)43-21-10-15-35-13-2-4-17-41(35)43)48-24-7-5-18-44(48)46-22-11-23-47-45-19-6-8-25-49(45)52-50(46)47/h1-33,45,49H/i26D,27D,28D,29D,30D,31D,32D,33D. The zero-order valence-electron chi connectivity index (χ0n) is 35.9. The molecule has 0 aromatic heterocycles. The average molecular weight is 674 g/mol. The minimum absolute atomic E-state index is 0.00990. The zero-order valence-corrected chi connectivity index (χ0v) is 27.9. The van der Waals surface area contributed by atoms with Crippen LogP contribution in [0.25, 0.3) is 54.9 Å². The van der Waals surface area contributed by atoms with E-state index in [1.165, 1.54) is 4.90 Å². The highest BCUT2D eigenvalue weighted by molar-refractivity contribution is 5.99. The van der Waals surface area contributed by atoms with Crippen LogP contribution in [0.4, 0.5) is 17.1 Å². The topological polar surface area (TPSA) is 12.5 Å². The van der Waals surface area contributed by atoms with Gasteiger partial charge >= 0.3 is 0 Å². The van der Waals surface area contributed by atoms with Crippen molar-refractivity contribution in [1.29, 1.82) is 0 Å². The van der Waals surface area contributed by atoms with Gasteiger partial charge in [-0.1, -0.05) is 164 Å². The summed E-state index contributed by atoms with van der Waals surface area (Å²) < 4.78 is 83.4. The first-order chi connectivity index (χ1) is 29.2. The summed E-state index contributed by atoms with van der Waals surface area (Å²) in [6.07, 6.45) is 7.84. The molecule has 0 fully saturated rings. The normalized spacial score (nSPS) is 17.8. The van der Waals surface area contributed by atoms with E-state index in [2.05, 4.69) is 6.08 Å². The molecule has 2 unspecified atom stereocenters. The lowest BCUT2D eigenvalue weighted by Crippen LogP contribution is -2.15. The number of para-hydroxylation sites is 2. The lowest BCUT2D eigenvalue weighted by atomic mass is 9.90. The van der Waals surface area contributed by atoms with Crippen LogP contribution in [0.15, 0.2) is 200 Å². The van der Waals surface area contributed by atoms with E-state index < -0.39 is 24.2 Å². The minimum Gasteiger partial charge on any atom is -0.484 e. The maximum atomic E-state index is 9.69. The smallest absolute Gasteiger partial charge is 0.132 e. The van der Waals surface area contributed by atoms with Crippen LogP contribution in [0.2, 0.25) is 0 Å². The molecule has 1 aliphatic heterocycles. The Balaban J connectivity index is 1.27. The highest BCUT2D eigenvalue weighted by atomic mass is 16.5. The molecule has 52 heavy (non-hydrogen) atoms. The first-order valence-electron chi connectivity index (χ1n) is 21.4. The molecule has 0 radical (unpaired) electrons. The largest absolute Gasteiger partial charge is 0.484 e. The van der Waals surface area contributed by atoms with E-state index in [4.69, 9.17) is 4.74 Å². The van der Waals surface area contributed by atoms with Crippen LogP contribution < -0.4 is 9.64 Å². The van der Waals surface area contributed by atoms with Gasteiger partial charge in [-0.3, -0.25) is 0 Å². The molecule has 2 aliphatic rings. The fraction of sp³-hybridized carbons (Fsp3) is 0.0400. The SMILES string of the molecule is [2H]c1c([2H])c(N(c2ccccc2-c2cccc3c2OC2C=CC=CC32)c2c([2H])c([2H])c(-c3cccc4ccccc34)c([2H])c2[2H])c([2H])c([2H])c1-c1cccc2ccccc12. The summed E-state index contributed by atoms with van der Waals surface area (Å²) in [5.41, 5.74) is 3.44. The maximum Gasteiger partial charge on any atom is 0.132 e. The lowest BCUT2D eigenvalue weighted by molar-refractivity contribution is 0.270. The van der Waals surface area contributed by atoms with Crippen molar-refractivity contribution in [3.63, 3.8) is 0 Å². The molecule has 2 heteroatoms. The Morgan fingerprint density at radius 2 is 0.962 bits per heavy atom. The van der Waals surface area contributed by atoms with Gasteiger partial charge in [0.15, 0.2) is 0 Å². The van der Waals surface area contributed by atoms with Crippen molar-refractivity contribution < 1.29 is 15.7 Å². The Kier molecular flexibility index (Phi) is 5.56.